The average molecular weight is 355 g/mol. The molecule has 0 aliphatic rings. The van der Waals surface area contributed by atoms with Crippen LogP contribution in [0.3, 0.4) is 0 Å². The van der Waals surface area contributed by atoms with Crippen LogP contribution in [0, 0.1) is 12.3 Å². The third kappa shape index (κ3) is 6.85. The minimum atomic E-state index is 0. The Labute approximate surface area is 194 Å². The fourth-order valence-electron chi connectivity index (χ4n) is 3.24. The third-order valence-corrected chi connectivity index (χ3v) is 5.01. The van der Waals surface area contributed by atoms with Crippen molar-refractivity contribution in [2.24, 2.45) is 5.92 Å². The first-order valence-corrected chi connectivity index (χ1v) is 9.48. The number of hydrogen-bond acceptors (Lipinski definition) is 0. The Kier molecular flexibility index (Phi) is 11.3. The predicted molar refractivity (Wildman–Crippen MR) is 112 cm³/mol. The van der Waals surface area contributed by atoms with Crippen molar-refractivity contribution in [3.8, 4) is 0 Å². The maximum atomic E-state index is 4.88. The van der Waals surface area contributed by atoms with Crippen LogP contribution in [0.15, 0.2) is 84.9 Å². The zero-order valence-corrected chi connectivity index (χ0v) is 17.7. The normalized spacial score (nSPS) is 12.1. The van der Waals surface area contributed by atoms with Crippen molar-refractivity contribution < 1.29 is 37.7 Å². The Morgan fingerprint density at radius 3 is 2.00 bits per heavy atom. The molecule has 0 saturated carbocycles. The van der Waals surface area contributed by atoms with Crippen LogP contribution in [-0.4, -0.2) is 0 Å². The van der Waals surface area contributed by atoms with Crippen molar-refractivity contribution in [1.82, 2.24) is 0 Å². The second kappa shape index (κ2) is 12.9. The number of benzene rings is 3. The molecule has 0 aliphatic carbocycles. The molecule has 0 fully saturated rings. The Balaban J connectivity index is 0.00000196. The van der Waals surface area contributed by atoms with E-state index in [-0.39, 0.29) is 37.7 Å². The van der Waals surface area contributed by atoms with Gasteiger partial charge in [0, 0.05) is 0 Å². The summed E-state index contributed by atoms with van der Waals surface area (Å²) in [6.45, 7) is 5.31. The maximum Gasteiger partial charge on any atom is 1.00 e. The first kappa shape index (κ1) is 24.6. The molecule has 3 heteroatoms. The summed E-state index contributed by atoms with van der Waals surface area (Å²) >= 11 is 0. The minimum absolute atomic E-state index is 0. The van der Waals surface area contributed by atoms with E-state index in [4.69, 9.17) is 5.32 Å². The summed E-state index contributed by atoms with van der Waals surface area (Å²) in [5.41, 5.74) is 4.90. The molecule has 0 aliphatic heterocycles. The van der Waals surface area contributed by atoms with Gasteiger partial charge >= 0.3 is 37.7 Å². The predicted octanol–water partition coefficient (Wildman–Crippen LogP) is 1.28. The van der Waals surface area contributed by atoms with Crippen molar-refractivity contribution >= 4 is 5.69 Å². The van der Waals surface area contributed by atoms with E-state index in [0.29, 0.717) is 18.4 Å². The molecule has 134 valence electrons. The van der Waals surface area contributed by atoms with Crippen LogP contribution < -0.4 is 37.7 Å². The van der Waals surface area contributed by atoms with Crippen molar-refractivity contribution in [2.75, 3.05) is 0 Å². The van der Waals surface area contributed by atoms with Crippen LogP contribution in [0.25, 0.3) is 5.32 Å². The molecule has 0 aromatic heterocycles. The van der Waals surface area contributed by atoms with Crippen molar-refractivity contribution in [1.29, 1.82) is 0 Å². The molecule has 3 aromatic rings. The Morgan fingerprint density at radius 2 is 1.36 bits per heavy atom. The van der Waals surface area contributed by atoms with Gasteiger partial charge in [0.2, 0.25) is 0 Å². The van der Waals surface area contributed by atoms with Crippen LogP contribution >= 0.6 is 0 Å². The molecular formula is C25H27Li2N. The maximum absolute atomic E-state index is 4.88. The minimum Gasteiger partial charge on any atom is -0.739 e. The molecule has 0 heterocycles. The molecule has 3 rings (SSSR count). The van der Waals surface area contributed by atoms with E-state index in [1.54, 1.807) is 0 Å². The molecule has 1 nitrogen and oxygen atoms in total. The van der Waals surface area contributed by atoms with Crippen LogP contribution in [0.2, 0.25) is 0 Å². The van der Waals surface area contributed by atoms with Gasteiger partial charge in [0.1, 0.15) is 0 Å². The summed E-state index contributed by atoms with van der Waals surface area (Å²) in [5.74, 6) is 0.980. The Bertz CT molecular complexity index is 790. The summed E-state index contributed by atoms with van der Waals surface area (Å²) in [4.78, 5) is 0. The second-order valence-corrected chi connectivity index (χ2v) is 6.85. The standard InChI is InChI=1S/C25H27N.2Li/c1-3-20(2)24(22-14-8-5-9-15-22)18-23-16-10-11-17-25(23)26-19-21-12-6-4-7-13-21;;/h4-18,20,24H,3,19H2,1-2H3;;/q-2;2*+1. The van der Waals surface area contributed by atoms with Gasteiger partial charge in [-0.05, 0) is 11.8 Å². The number of hydrogen-bond donors (Lipinski definition) is 0. The number of nitrogens with zero attached hydrogens (tertiary/aromatic N) is 1. The van der Waals surface area contributed by atoms with Gasteiger partial charge in [-0.15, -0.1) is 18.7 Å². The van der Waals surface area contributed by atoms with Gasteiger partial charge in [-0.2, -0.15) is 12.5 Å². The molecule has 0 spiro atoms. The van der Waals surface area contributed by atoms with Gasteiger partial charge in [-0.3, -0.25) is 5.69 Å². The fraction of sp³-hybridized carbons (Fsp3) is 0.240. The van der Waals surface area contributed by atoms with Crippen molar-refractivity contribution in [2.45, 2.75) is 32.7 Å². The largest absolute Gasteiger partial charge is 1.00 e. The van der Waals surface area contributed by atoms with Crippen molar-refractivity contribution in [3.05, 3.63) is 113 Å². The molecule has 0 amide bonds. The molecule has 3 aromatic carbocycles. The molecule has 0 saturated heterocycles. The average Bonchev–Trinajstić information content (AvgIpc) is 2.72. The van der Waals surface area contributed by atoms with E-state index in [1.165, 1.54) is 16.7 Å². The number of para-hydroxylation sites is 1. The van der Waals surface area contributed by atoms with Gasteiger partial charge in [-0.1, -0.05) is 98.1 Å². The van der Waals surface area contributed by atoms with Gasteiger partial charge in [0.05, 0.1) is 0 Å². The quantitative estimate of drug-likeness (QED) is 0.427. The summed E-state index contributed by atoms with van der Waals surface area (Å²) < 4.78 is 0. The summed E-state index contributed by atoms with van der Waals surface area (Å²) in [6.07, 6.45) is 3.55. The first-order valence-electron chi connectivity index (χ1n) is 9.48. The summed E-state index contributed by atoms with van der Waals surface area (Å²) in [7, 11) is 0. The SMILES string of the molecule is CCC(C)C([CH-]c1ccccc1[N-]Cc1ccccc1)c1ccccc1.[Li+].[Li+]. The smallest absolute Gasteiger partial charge is 0.739 e. The second-order valence-electron chi connectivity index (χ2n) is 6.85. The van der Waals surface area contributed by atoms with E-state index >= 15 is 0 Å². The zero-order chi connectivity index (χ0) is 18.2. The Hall–Kier alpha value is -1.48. The molecule has 28 heavy (non-hydrogen) atoms. The van der Waals surface area contributed by atoms with Gasteiger partial charge in [-0.25, -0.2) is 5.56 Å². The summed E-state index contributed by atoms with van der Waals surface area (Å²) in [5, 5.41) is 4.88. The number of rotatable bonds is 8. The molecule has 2 atom stereocenters. The van der Waals surface area contributed by atoms with E-state index < -0.39 is 0 Å². The van der Waals surface area contributed by atoms with Crippen LogP contribution in [0.4, 0.5) is 5.69 Å². The molecular weight excluding hydrogens is 328 g/mol. The van der Waals surface area contributed by atoms with E-state index in [0.717, 1.165) is 12.1 Å². The van der Waals surface area contributed by atoms with Crippen molar-refractivity contribution in [3.63, 3.8) is 0 Å². The van der Waals surface area contributed by atoms with E-state index in [9.17, 15) is 0 Å². The van der Waals surface area contributed by atoms with E-state index in [1.807, 2.05) is 6.07 Å². The van der Waals surface area contributed by atoms with E-state index in [2.05, 4.69) is 99.1 Å². The molecule has 0 bridgehead atoms. The first-order chi connectivity index (χ1) is 12.8. The monoisotopic (exact) mass is 355 g/mol. The molecule has 0 radical (unpaired) electrons. The van der Waals surface area contributed by atoms with Gasteiger partial charge in [0.25, 0.3) is 0 Å². The van der Waals surface area contributed by atoms with Crippen LogP contribution in [0.1, 0.15) is 42.9 Å². The Morgan fingerprint density at radius 1 is 0.786 bits per heavy atom. The summed E-state index contributed by atoms with van der Waals surface area (Å²) in [6, 6.07) is 29.7. The van der Waals surface area contributed by atoms with Crippen LogP contribution in [0.5, 0.6) is 0 Å². The van der Waals surface area contributed by atoms with Gasteiger partial charge < -0.3 is 5.32 Å². The van der Waals surface area contributed by atoms with Crippen LogP contribution in [-0.2, 0) is 6.54 Å². The fourth-order valence-corrected chi connectivity index (χ4v) is 3.24. The topological polar surface area (TPSA) is 14.1 Å². The molecule has 2 unspecified atom stereocenters. The zero-order valence-electron chi connectivity index (χ0n) is 17.7. The molecule has 0 N–H and O–H groups in total. The van der Waals surface area contributed by atoms with Gasteiger partial charge in [0.15, 0.2) is 0 Å². The third-order valence-electron chi connectivity index (χ3n) is 5.01.